The van der Waals surface area contributed by atoms with Crippen LogP contribution in [0.5, 0.6) is 0 Å². The van der Waals surface area contributed by atoms with Crippen molar-refractivity contribution in [1.82, 2.24) is 9.97 Å². The van der Waals surface area contributed by atoms with Gasteiger partial charge >= 0.3 is 0 Å². The van der Waals surface area contributed by atoms with Gasteiger partial charge in [-0.2, -0.15) is 0 Å². The summed E-state index contributed by atoms with van der Waals surface area (Å²) in [5, 5.41) is 12.5. The third-order valence-electron chi connectivity index (χ3n) is 3.38. The van der Waals surface area contributed by atoms with Crippen molar-refractivity contribution in [3.05, 3.63) is 65.4 Å². The number of rotatable bonds is 4. The van der Waals surface area contributed by atoms with Crippen molar-refractivity contribution in [2.24, 2.45) is 0 Å². The molecule has 0 aliphatic heterocycles. The summed E-state index contributed by atoms with van der Waals surface area (Å²) in [6.45, 7) is 2.66. The van der Waals surface area contributed by atoms with Gasteiger partial charge in [-0.25, -0.2) is 9.97 Å². The Kier molecular flexibility index (Phi) is 3.79. The minimum Gasteiger partial charge on any atom is -0.392 e. The molecule has 3 aromatic rings. The summed E-state index contributed by atoms with van der Waals surface area (Å²) in [4.78, 5) is 9.17. The lowest BCUT2D eigenvalue weighted by Gasteiger charge is -2.10. The first kappa shape index (κ1) is 13.5. The first-order valence-corrected chi connectivity index (χ1v) is 6.92. The molecule has 0 bridgehead atoms. The number of hydrogen-bond acceptors (Lipinski definition) is 4. The van der Waals surface area contributed by atoms with E-state index in [0.717, 1.165) is 33.7 Å². The van der Waals surface area contributed by atoms with Gasteiger partial charge in [0.1, 0.15) is 5.82 Å². The molecule has 4 nitrogen and oxygen atoms in total. The molecule has 2 N–H and O–H groups in total. The molecule has 0 saturated heterocycles. The van der Waals surface area contributed by atoms with E-state index in [0.29, 0.717) is 6.54 Å². The Balaban J connectivity index is 1.82. The highest BCUT2D eigenvalue weighted by molar-refractivity contribution is 5.76. The number of aryl methyl sites for hydroxylation is 1. The van der Waals surface area contributed by atoms with Crippen molar-refractivity contribution in [1.29, 1.82) is 0 Å². The van der Waals surface area contributed by atoms with Crippen LogP contribution in [0.3, 0.4) is 0 Å². The second kappa shape index (κ2) is 5.89. The maximum atomic E-state index is 9.17. The molecule has 3 rings (SSSR count). The summed E-state index contributed by atoms with van der Waals surface area (Å²) in [5.41, 5.74) is 4.69. The first-order chi connectivity index (χ1) is 10.3. The number of fused-ring (bicyclic) bond motifs is 1. The lowest BCUT2D eigenvalue weighted by molar-refractivity contribution is 0.281. The van der Waals surface area contributed by atoms with Gasteiger partial charge in [-0.05, 0) is 30.2 Å². The van der Waals surface area contributed by atoms with Gasteiger partial charge < -0.3 is 10.4 Å². The Morgan fingerprint density at radius 1 is 0.952 bits per heavy atom. The fourth-order valence-corrected chi connectivity index (χ4v) is 2.28. The molecule has 0 saturated carbocycles. The lowest BCUT2D eigenvalue weighted by atomic mass is 10.1. The van der Waals surface area contributed by atoms with Crippen LogP contribution in [0, 0.1) is 6.92 Å². The number of para-hydroxylation sites is 2. The molecule has 0 aliphatic carbocycles. The third kappa shape index (κ3) is 3.01. The maximum absolute atomic E-state index is 9.17. The zero-order valence-electron chi connectivity index (χ0n) is 11.9. The van der Waals surface area contributed by atoms with Gasteiger partial charge in [0, 0.05) is 6.54 Å². The summed E-state index contributed by atoms with van der Waals surface area (Å²) >= 11 is 0. The van der Waals surface area contributed by atoms with Gasteiger partial charge in [-0.1, -0.05) is 36.4 Å². The van der Waals surface area contributed by atoms with Crippen LogP contribution in [0.2, 0.25) is 0 Å². The van der Waals surface area contributed by atoms with E-state index in [1.165, 1.54) is 0 Å². The highest BCUT2D eigenvalue weighted by atomic mass is 16.3. The van der Waals surface area contributed by atoms with Gasteiger partial charge in [0.05, 0.1) is 23.3 Å². The minimum absolute atomic E-state index is 0.0582. The number of aliphatic hydroxyl groups excluding tert-OH is 1. The first-order valence-electron chi connectivity index (χ1n) is 6.92. The second-order valence-electron chi connectivity index (χ2n) is 4.98. The average molecular weight is 279 g/mol. The Labute approximate surface area is 123 Å². The Morgan fingerprint density at radius 3 is 2.43 bits per heavy atom. The number of hydrogen-bond donors (Lipinski definition) is 2. The second-order valence-corrected chi connectivity index (χ2v) is 4.98. The number of benzene rings is 2. The van der Waals surface area contributed by atoms with Gasteiger partial charge in [-0.15, -0.1) is 0 Å². The quantitative estimate of drug-likeness (QED) is 0.770. The van der Waals surface area contributed by atoms with E-state index in [2.05, 4.69) is 15.3 Å². The SMILES string of the molecule is Cc1nc2ccccc2nc1NCc1cccc(CO)c1. The number of aliphatic hydroxyl groups is 1. The monoisotopic (exact) mass is 279 g/mol. The van der Waals surface area contributed by atoms with Crippen molar-refractivity contribution < 1.29 is 5.11 Å². The molecule has 0 spiro atoms. The summed E-state index contributed by atoms with van der Waals surface area (Å²) in [5.74, 6) is 0.795. The molecule has 0 radical (unpaired) electrons. The molecule has 0 unspecified atom stereocenters. The molecule has 4 heteroatoms. The average Bonchev–Trinajstić information content (AvgIpc) is 2.53. The molecule has 1 heterocycles. The highest BCUT2D eigenvalue weighted by Gasteiger charge is 2.04. The number of nitrogens with one attached hydrogen (secondary N) is 1. The molecule has 0 atom stereocenters. The molecule has 106 valence electrons. The van der Waals surface area contributed by atoms with Gasteiger partial charge in [0.25, 0.3) is 0 Å². The standard InChI is InChI=1S/C17H17N3O/c1-12-17(20-16-8-3-2-7-15(16)19-12)18-10-13-5-4-6-14(9-13)11-21/h2-9,21H,10-11H2,1H3,(H,18,20). The molecule has 1 aromatic heterocycles. The van der Waals surface area contributed by atoms with E-state index in [1.807, 2.05) is 55.5 Å². The summed E-state index contributed by atoms with van der Waals surface area (Å²) in [6, 6.07) is 15.7. The Hall–Kier alpha value is -2.46. The summed E-state index contributed by atoms with van der Waals surface area (Å²) in [6.07, 6.45) is 0. The van der Waals surface area contributed by atoms with E-state index in [4.69, 9.17) is 5.11 Å². The van der Waals surface area contributed by atoms with Gasteiger partial charge in [0.2, 0.25) is 0 Å². The van der Waals surface area contributed by atoms with Crippen molar-refractivity contribution >= 4 is 16.9 Å². The van der Waals surface area contributed by atoms with Crippen LogP contribution >= 0.6 is 0 Å². The lowest BCUT2D eigenvalue weighted by Crippen LogP contribution is -2.05. The number of anilines is 1. The van der Waals surface area contributed by atoms with E-state index >= 15 is 0 Å². The van der Waals surface area contributed by atoms with Gasteiger partial charge in [-0.3, -0.25) is 0 Å². The summed E-state index contributed by atoms with van der Waals surface area (Å²) in [7, 11) is 0. The predicted molar refractivity (Wildman–Crippen MR) is 84.0 cm³/mol. The van der Waals surface area contributed by atoms with Crippen molar-refractivity contribution in [3.8, 4) is 0 Å². The van der Waals surface area contributed by atoms with E-state index < -0.39 is 0 Å². The van der Waals surface area contributed by atoms with Crippen molar-refractivity contribution in [2.45, 2.75) is 20.1 Å². The molecular formula is C17H17N3O. The Morgan fingerprint density at radius 2 is 1.67 bits per heavy atom. The smallest absolute Gasteiger partial charge is 0.148 e. The van der Waals surface area contributed by atoms with Crippen molar-refractivity contribution in [2.75, 3.05) is 5.32 Å². The molecule has 2 aromatic carbocycles. The van der Waals surface area contributed by atoms with Crippen LogP contribution in [-0.4, -0.2) is 15.1 Å². The molecule has 21 heavy (non-hydrogen) atoms. The highest BCUT2D eigenvalue weighted by Crippen LogP contribution is 2.17. The van der Waals surface area contributed by atoms with Crippen LogP contribution in [0.15, 0.2) is 48.5 Å². The Bertz CT molecular complexity index is 771. The number of aromatic nitrogens is 2. The normalized spacial score (nSPS) is 10.8. The number of nitrogens with zero attached hydrogens (tertiary/aromatic N) is 2. The molecular weight excluding hydrogens is 262 g/mol. The van der Waals surface area contributed by atoms with Crippen LogP contribution in [-0.2, 0) is 13.2 Å². The van der Waals surface area contributed by atoms with Crippen molar-refractivity contribution in [3.63, 3.8) is 0 Å². The van der Waals surface area contributed by atoms with E-state index in [1.54, 1.807) is 0 Å². The third-order valence-corrected chi connectivity index (χ3v) is 3.38. The minimum atomic E-state index is 0.0582. The molecule has 0 amide bonds. The largest absolute Gasteiger partial charge is 0.392 e. The summed E-state index contributed by atoms with van der Waals surface area (Å²) < 4.78 is 0. The maximum Gasteiger partial charge on any atom is 0.148 e. The fourth-order valence-electron chi connectivity index (χ4n) is 2.28. The van der Waals surface area contributed by atoms with Crippen LogP contribution in [0.1, 0.15) is 16.8 Å². The topological polar surface area (TPSA) is 58.0 Å². The molecule has 0 aliphatic rings. The van der Waals surface area contributed by atoms with Crippen LogP contribution in [0.25, 0.3) is 11.0 Å². The molecule has 0 fully saturated rings. The van der Waals surface area contributed by atoms with E-state index in [-0.39, 0.29) is 6.61 Å². The van der Waals surface area contributed by atoms with Crippen LogP contribution in [0.4, 0.5) is 5.82 Å². The zero-order chi connectivity index (χ0) is 14.7. The predicted octanol–water partition coefficient (Wildman–Crippen LogP) is 3.04. The van der Waals surface area contributed by atoms with E-state index in [9.17, 15) is 0 Å². The zero-order valence-corrected chi connectivity index (χ0v) is 11.9. The van der Waals surface area contributed by atoms with Gasteiger partial charge in [0.15, 0.2) is 0 Å². The van der Waals surface area contributed by atoms with Crippen LogP contribution < -0.4 is 5.32 Å². The fraction of sp³-hybridized carbons (Fsp3) is 0.176.